The Hall–Kier alpha value is -2.44. The first-order valence-corrected chi connectivity index (χ1v) is 11.6. The van der Waals surface area contributed by atoms with Crippen molar-refractivity contribution in [1.29, 1.82) is 0 Å². The molecule has 2 aromatic carbocycles. The van der Waals surface area contributed by atoms with Crippen molar-refractivity contribution in [3.05, 3.63) is 91.6 Å². The molecule has 0 bridgehead atoms. The highest BCUT2D eigenvalue weighted by Gasteiger charge is 2.41. The molecule has 0 radical (unpaired) electrons. The van der Waals surface area contributed by atoms with Crippen LogP contribution in [0.25, 0.3) is 0 Å². The van der Waals surface area contributed by atoms with Gasteiger partial charge in [-0.1, -0.05) is 40.2 Å². The van der Waals surface area contributed by atoms with Crippen molar-refractivity contribution in [2.45, 2.75) is 31.7 Å². The van der Waals surface area contributed by atoms with Gasteiger partial charge in [-0.05, 0) is 60.5 Å². The Balaban J connectivity index is 1.75. The van der Waals surface area contributed by atoms with E-state index in [0.29, 0.717) is 24.2 Å². The number of amides is 1. The lowest BCUT2D eigenvalue weighted by molar-refractivity contribution is 0.0520. The van der Waals surface area contributed by atoms with Crippen LogP contribution in [0, 0.1) is 0 Å². The largest absolute Gasteiger partial charge is 0.462 e. The van der Waals surface area contributed by atoms with Crippen molar-refractivity contribution >= 4 is 39.1 Å². The van der Waals surface area contributed by atoms with Gasteiger partial charge in [-0.15, -0.1) is 0 Å². The molecule has 1 unspecified atom stereocenters. The van der Waals surface area contributed by atoms with Crippen LogP contribution >= 0.6 is 27.3 Å². The predicted molar refractivity (Wildman–Crippen MR) is 122 cm³/mol. The molecule has 1 N–H and O–H groups in total. The molecule has 4 rings (SSSR count). The molecular formula is C24H22BrNO3S. The van der Waals surface area contributed by atoms with Gasteiger partial charge in [0.1, 0.15) is 0 Å². The van der Waals surface area contributed by atoms with E-state index < -0.39 is 5.54 Å². The number of rotatable bonds is 5. The average molecular weight is 484 g/mol. The molecule has 1 aromatic heterocycles. The number of benzene rings is 2. The summed E-state index contributed by atoms with van der Waals surface area (Å²) in [5.41, 5.74) is 3.79. The van der Waals surface area contributed by atoms with Crippen LogP contribution in [0.3, 0.4) is 0 Å². The lowest BCUT2D eigenvalue weighted by atomic mass is 9.73. The summed E-state index contributed by atoms with van der Waals surface area (Å²) in [6.45, 7) is 2.11. The summed E-state index contributed by atoms with van der Waals surface area (Å²) in [6, 6.07) is 15.6. The van der Waals surface area contributed by atoms with Crippen molar-refractivity contribution < 1.29 is 14.3 Å². The average Bonchev–Trinajstić information content (AvgIpc) is 3.25. The highest BCUT2D eigenvalue weighted by molar-refractivity contribution is 9.10. The molecule has 30 heavy (non-hydrogen) atoms. The maximum atomic E-state index is 13.2. The SMILES string of the molecule is CCOC(=O)c1cscc1C1(NC(=O)c2ccc(Br)cc2)CCc2ccccc2C1. The minimum absolute atomic E-state index is 0.150. The fourth-order valence-electron chi connectivity index (χ4n) is 4.06. The summed E-state index contributed by atoms with van der Waals surface area (Å²) < 4.78 is 6.20. The van der Waals surface area contributed by atoms with E-state index in [-0.39, 0.29) is 11.9 Å². The Morgan fingerprint density at radius 2 is 1.83 bits per heavy atom. The Kier molecular flexibility index (Phi) is 6.06. The number of carbonyl (C=O) groups is 2. The van der Waals surface area contributed by atoms with E-state index in [1.165, 1.54) is 22.5 Å². The lowest BCUT2D eigenvalue weighted by Gasteiger charge is -2.39. The van der Waals surface area contributed by atoms with E-state index in [9.17, 15) is 9.59 Å². The molecule has 0 aliphatic heterocycles. The number of hydrogen-bond donors (Lipinski definition) is 1. The van der Waals surface area contributed by atoms with Gasteiger partial charge >= 0.3 is 5.97 Å². The number of hydrogen-bond acceptors (Lipinski definition) is 4. The van der Waals surface area contributed by atoms with Gasteiger partial charge in [-0.3, -0.25) is 4.79 Å². The van der Waals surface area contributed by atoms with Gasteiger partial charge in [0.2, 0.25) is 0 Å². The number of esters is 1. The monoisotopic (exact) mass is 483 g/mol. The van der Waals surface area contributed by atoms with Gasteiger partial charge in [0, 0.05) is 27.4 Å². The molecule has 0 saturated carbocycles. The van der Waals surface area contributed by atoms with E-state index in [1.807, 2.05) is 35.0 Å². The normalized spacial score (nSPS) is 17.8. The number of nitrogens with one attached hydrogen (secondary N) is 1. The summed E-state index contributed by atoms with van der Waals surface area (Å²) in [5, 5.41) is 7.09. The quantitative estimate of drug-likeness (QED) is 0.487. The van der Waals surface area contributed by atoms with Crippen LogP contribution in [0.2, 0.25) is 0 Å². The van der Waals surface area contributed by atoms with Crippen LogP contribution in [0.15, 0.2) is 63.8 Å². The molecule has 3 aromatic rings. The third kappa shape index (κ3) is 4.07. The van der Waals surface area contributed by atoms with Crippen LogP contribution in [-0.4, -0.2) is 18.5 Å². The highest BCUT2D eigenvalue weighted by atomic mass is 79.9. The van der Waals surface area contributed by atoms with Crippen LogP contribution in [0.1, 0.15) is 50.8 Å². The van der Waals surface area contributed by atoms with Crippen LogP contribution in [0.4, 0.5) is 0 Å². The first kappa shape index (κ1) is 20.8. The summed E-state index contributed by atoms with van der Waals surface area (Å²) in [5.74, 6) is -0.493. The van der Waals surface area contributed by atoms with Gasteiger partial charge in [0.25, 0.3) is 5.91 Å². The molecule has 0 spiro atoms. The Labute approximate surface area is 188 Å². The highest BCUT2D eigenvalue weighted by Crippen LogP contribution is 2.40. The van der Waals surface area contributed by atoms with Crippen molar-refractivity contribution in [1.82, 2.24) is 5.32 Å². The first-order valence-electron chi connectivity index (χ1n) is 9.91. The van der Waals surface area contributed by atoms with Gasteiger partial charge in [0.05, 0.1) is 17.7 Å². The second-order valence-corrected chi connectivity index (χ2v) is 9.07. The minimum atomic E-state index is -0.666. The van der Waals surface area contributed by atoms with Crippen LogP contribution in [0.5, 0.6) is 0 Å². The van der Waals surface area contributed by atoms with Crippen molar-refractivity contribution in [3.63, 3.8) is 0 Å². The minimum Gasteiger partial charge on any atom is -0.462 e. The van der Waals surface area contributed by atoms with Crippen LogP contribution < -0.4 is 5.32 Å². The number of ether oxygens (including phenoxy) is 1. The molecule has 1 heterocycles. The summed E-state index contributed by atoms with van der Waals surface area (Å²) in [6.07, 6.45) is 2.18. The molecule has 154 valence electrons. The molecule has 1 atom stereocenters. The van der Waals surface area contributed by atoms with E-state index in [2.05, 4.69) is 33.4 Å². The Bertz CT molecular complexity index is 1080. The second-order valence-electron chi connectivity index (χ2n) is 7.41. The van der Waals surface area contributed by atoms with E-state index >= 15 is 0 Å². The number of fused-ring (bicyclic) bond motifs is 1. The predicted octanol–water partition coefficient (Wildman–Crippen LogP) is 5.50. The van der Waals surface area contributed by atoms with Gasteiger partial charge in [-0.25, -0.2) is 4.79 Å². The maximum absolute atomic E-state index is 13.2. The Morgan fingerprint density at radius 1 is 1.10 bits per heavy atom. The van der Waals surface area contributed by atoms with Gasteiger partial charge < -0.3 is 10.1 Å². The number of carbonyl (C=O) groups excluding carboxylic acids is 2. The molecule has 4 nitrogen and oxygen atoms in total. The Morgan fingerprint density at radius 3 is 2.57 bits per heavy atom. The van der Waals surface area contributed by atoms with Crippen LogP contribution in [-0.2, 0) is 23.1 Å². The third-order valence-electron chi connectivity index (χ3n) is 5.56. The third-order valence-corrected chi connectivity index (χ3v) is 6.84. The summed E-state index contributed by atoms with van der Waals surface area (Å²) >= 11 is 4.87. The molecule has 0 saturated heterocycles. The maximum Gasteiger partial charge on any atom is 0.339 e. The van der Waals surface area contributed by atoms with Crippen molar-refractivity contribution in [3.8, 4) is 0 Å². The smallest absolute Gasteiger partial charge is 0.339 e. The van der Waals surface area contributed by atoms with Crippen molar-refractivity contribution in [2.75, 3.05) is 6.61 Å². The lowest BCUT2D eigenvalue weighted by Crippen LogP contribution is -2.50. The molecule has 1 aliphatic rings. The van der Waals surface area contributed by atoms with Gasteiger partial charge in [-0.2, -0.15) is 11.3 Å². The number of thiophene rings is 1. The number of halogens is 1. The zero-order valence-corrected chi connectivity index (χ0v) is 19.0. The second kappa shape index (κ2) is 8.74. The van der Waals surface area contributed by atoms with E-state index in [4.69, 9.17) is 4.74 Å². The van der Waals surface area contributed by atoms with E-state index in [1.54, 1.807) is 19.1 Å². The summed E-state index contributed by atoms with van der Waals surface area (Å²) in [4.78, 5) is 25.8. The topological polar surface area (TPSA) is 55.4 Å². The fourth-order valence-corrected chi connectivity index (χ4v) is 5.24. The molecule has 0 fully saturated rings. The fraction of sp³-hybridized carbons (Fsp3) is 0.250. The van der Waals surface area contributed by atoms with E-state index in [0.717, 1.165) is 22.9 Å². The summed E-state index contributed by atoms with van der Waals surface area (Å²) in [7, 11) is 0. The van der Waals surface area contributed by atoms with Crippen molar-refractivity contribution in [2.24, 2.45) is 0 Å². The number of aryl methyl sites for hydroxylation is 1. The first-order chi connectivity index (χ1) is 14.5. The molecule has 1 amide bonds. The zero-order valence-electron chi connectivity index (χ0n) is 16.6. The molecule has 1 aliphatic carbocycles. The van der Waals surface area contributed by atoms with Gasteiger partial charge in [0.15, 0.2) is 0 Å². The standard InChI is InChI=1S/C24H22BrNO3S/c1-2-29-23(28)20-14-30-15-21(20)24(12-11-16-5-3-4-6-18(16)13-24)26-22(27)17-7-9-19(25)10-8-17/h3-10,14-15H,2,11-13H2,1H3,(H,26,27). The molecular weight excluding hydrogens is 462 g/mol. The zero-order chi connectivity index (χ0) is 21.1. The molecule has 6 heteroatoms.